The standard InChI is InChI=1S/C15H25N3O2S/c1-4-20-11(2)15-17-13(10-21-15)8-14(19)18-7-5-6-12(9-18)16-3/h10-12,16H,4-9H2,1-3H3. The van der Waals surface area contributed by atoms with Crippen LogP contribution in [0.5, 0.6) is 0 Å². The van der Waals surface area contributed by atoms with Crippen LogP contribution in [0, 0.1) is 0 Å². The lowest BCUT2D eigenvalue weighted by atomic mass is 10.1. The molecule has 1 N–H and O–H groups in total. The molecule has 21 heavy (non-hydrogen) atoms. The van der Waals surface area contributed by atoms with Crippen LogP contribution in [0.25, 0.3) is 0 Å². The van der Waals surface area contributed by atoms with Gasteiger partial charge in [0.1, 0.15) is 11.1 Å². The first kappa shape index (κ1) is 16.4. The smallest absolute Gasteiger partial charge is 0.228 e. The molecule has 1 amide bonds. The minimum Gasteiger partial charge on any atom is -0.372 e. The van der Waals surface area contributed by atoms with E-state index in [1.807, 2.05) is 31.2 Å². The minimum absolute atomic E-state index is 0.00695. The molecular formula is C15H25N3O2S. The molecule has 0 saturated carbocycles. The van der Waals surface area contributed by atoms with Gasteiger partial charge in [-0.2, -0.15) is 0 Å². The average molecular weight is 311 g/mol. The molecule has 1 saturated heterocycles. The molecule has 0 aliphatic carbocycles. The number of aromatic nitrogens is 1. The number of likely N-dealkylation sites (N-methyl/N-ethyl adjacent to an activating group) is 1. The summed E-state index contributed by atoms with van der Waals surface area (Å²) in [5.41, 5.74) is 0.859. The average Bonchev–Trinajstić information content (AvgIpc) is 2.96. The lowest BCUT2D eigenvalue weighted by molar-refractivity contribution is -0.131. The molecule has 0 spiro atoms. The van der Waals surface area contributed by atoms with Crippen LogP contribution < -0.4 is 5.32 Å². The largest absolute Gasteiger partial charge is 0.372 e. The van der Waals surface area contributed by atoms with Crippen LogP contribution in [-0.4, -0.2) is 48.6 Å². The van der Waals surface area contributed by atoms with E-state index in [1.54, 1.807) is 11.3 Å². The molecular weight excluding hydrogens is 286 g/mol. The number of thiazole rings is 1. The maximum Gasteiger partial charge on any atom is 0.228 e. The van der Waals surface area contributed by atoms with Crippen molar-refractivity contribution in [3.8, 4) is 0 Å². The molecule has 5 nitrogen and oxygen atoms in total. The summed E-state index contributed by atoms with van der Waals surface area (Å²) in [5, 5.41) is 6.19. The van der Waals surface area contributed by atoms with Crippen LogP contribution in [0.3, 0.4) is 0 Å². The Morgan fingerprint density at radius 2 is 2.48 bits per heavy atom. The van der Waals surface area contributed by atoms with E-state index in [1.165, 1.54) is 0 Å². The highest BCUT2D eigenvalue weighted by Crippen LogP contribution is 2.22. The second-order valence-electron chi connectivity index (χ2n) is 5.42. The van der Waals surface area contributed by atoms with Crippen LogP contribution in [-0.2, 0) is 16.0 Å². The summed E-state index contributed by atoms with van der Waals surface area (Å²) >= 11 is 1.57. The first-order valence-electron chi connectivity index (χ1n) is 7.65. The maximum absolute atomic E-state index is 12.4. The van der Waals surface area contributed by atoms with Crippen molar-refractivity contribution in [3.63, 3.8) is 0 Å². The van der Waals surface area contributed by atoms with E-state index >= 15 is 0 Å². The molecule has 0 aromatic carbocycles. The molecule has 2 heterocycles. The Bertz CT molecular complexity index is 464. The van der Waals surface area contributed by atoms with Crippen LogP contribution >= 0.6 is 11.3 Å². The van der Waals surface area contributed by atoms with Gasteiger partial charge in [-0.3, -0.25) is 4.79 Å². The number of amides is 1. The molecule has 0 radical (unpaired) electrons. The summed E-state index contributed by atoms with van der Waals surface area (Å²) in [6.07, 6.45) is 2.62. The van der Waals surface area contributed by atoms with Crippen molar-refractivity contribution < 1.29 is 9.53 Å². The molecule has 2 atom stereocenters. The Balaban J connectivity index is 1.90. The van der Waals surface area contributed by atoms with Crippen molar-refractivity contribution in [3.05, 3.63) is 16.1 Å². The van der Waals surface area contributed by atoms with Gasteiger partial charge in [0.15, 0.2) is 0 Å². The van der Waals surface area contributed by atoms with Gasteiger partial charge in [0.2, 0.25) is 5.91 Å². The first-order chi connectivity index (χ1) is 10.1. The fraction of sp³-hybridized carbons (Fsp3) is 0.733. The molecule has 1 fully saturated rings. The van der Waals surface area contributed by atoms with Gasteiger partial charge in [0.05, 0.1) is 12.1 Å². The summed E-state index contributed by atoms with van der Waals surface area (Å²) in [4.78, 5) is 18.9. The predicted octanol–water partition coefficient (Wildman–Crippen LogP) is 1.99. The third-order valence-electron chi connectivity index (χ3n) is 3.85. The number of hydrogen-bond acceptors (Lipinski definition) is 5. The predicted molar refractivity (Wildman–Crippen MR) is 84.5 cm³/mol. The number of rotatable bonds is 6. The summed E-state index contributed by atoms with van der Waals surface area (Å²) in [6.45, 7) is 6.32. The SMILES string of the molecule is CCOC(C)c1nc(CC(=O)N2CCCC(NC)C2)cs1. The van der Waals surface area contributed by atoms with Crippen LogP contribution in [0.15, 0.2) is 5.38 Å². The maximum atomic E-state index is 12.4. The third kappa shape index (κ3) is 4.49. The van der Waals surface area contributed by atoms with E-state index in [0.717, 1.165) is 36.6 Å². The van der Waals surface area contributed by atoms with Crippen molar-refractivity contribution in [2.45, 2.75) is 45.3 Å². The number of hydrogen-bond donors (Lipinski definition) is 1. The van der Waals surface area contributed by atoms with E-state index in [0.29, 0.717) is 19.1 Å². The van der Waals surface area contributed by atoms with Gasteiger partial charge in [-0.1, -0.05) is 0 Å². The Morgan fingerprint density at radius 3 is 3.19 bits per heavy atom. The van der Waals surface area contributed by atoms with Gasteiger partial charge < -0.3 is 15.0 Å². The Morgan fingerprint density at radius 1 is 1.67 bits per heavy atom. The molecule has 1 aromatic heterocycles. The lowest BCUT2D eigenvalue weighted by Gasteiger charge is -2.32. The van der Waals surface area contributed by atoms with E-state index in [-0.39, 0.29) is 12.0 Å². The Kier molecular flexibility index (Phi) is 6.14. The third-order valence-corrected chi connectivity index (χ3v) is 4.90. The van der Waals surface area contributed by atoms with Gasteiger partial charge in [-0.15, -0.1) is 11.3 Å². The number of nitrogens with zero attached hydrogens (tertiary/aromatic N) is 2. The number of piperidine rings is 1. The van der Waals surface area contributed by atoms with Gasteiger partial charge >= 0.3 is 0 Å². The van der Waals surface area contributed by atoms with Crippen molar-refractivity contribution in [2.75, 3.05) is 26.7 Å². The molecule has 118 valence electrons. The minimum atomic E-state index is 0.00695. The number of carbonyl (C=O) groups is 1. The van der Waals surface area contributed by atoms with E-state index in [4.69, 9.17) is 4.74 Å². The molecule has 1 aliphatic rings. The van der Waals surface area contributed by atoms with Crippen molar-refractivity contribution in [1.29, 1.82) is 0 Å². The zero-order valence-electron chi connectivity index (χ0n) is 13.1. The lowest BCUT2D eigenvalue weighted by Crippen LogP contribution is -2.47. The second kappa shape index (κ2) is 7.87. The van der Waals surface area contributed by atoms with Gasteiger partial charge in [0, 0.05) is 31.1 Å². The highest BCUT2D eigenvalue weighted by atomic mass is 32.1. The summed E-state index contributed by atoms with van der Waals surface area (Å²) in [6, 6.07) is 0.423. The fourth-order valence-corrected chi connectivity index (χ4v) is 3.44. The van der Waals surface area contributed by atoms with Gasteiger partial charge in [-0.25, -0.2) is 4.98 Å². The van der Waals surface area contributed by atoms with Gasteiger partial charge in [-0.05, 0) is 33.7 Å². The number of ether oxygens (including phenoxy) is 1. The number of carbonyl (C=O) groups excluding carboxylic acids is 1. The summed E-state index contributed by atoms with van der Waals surface area (Å²) in [7, 11) is 1.96. The monoisotopic (exact) mass is 311 g/mol. The van der Waals surface area contributed by atoms with E-state index < -0.39 is 0 Å². The van der Waals surface area contributed by atoms with Crippen molar-refractivity contribution in [2.24, 2.45) is 0 Å². The zero-order chi connectivity index (χ0) is 15.2. The molecule has 2 unspecified atom stereocenters. The molecule has 6 heteroatoms. The van der Waals surface area contributed by atoms with Crippen LogP contribution in [0.1, 0.15) is 43.5 Å². The number of nitrogens with one attached hydrogen (secondary N) is 1. The fourth-order valence-electron chi connectivity index (χ4n) is 2.62. The normalized spacial score (nSPS) is 20.5. The van der Waals surface area contributed by atoms with Crippen molar-refractivity contribution >= 4 is 17.2 Å². The molecule has 2 rings (SSSR count). The molecule has 1 aliphatic heterocycles. The molecule has 1 aromatic rings. The molecule has 0 bridgehead atoms. The Labute approximate surface area is 130 Å². The highest BCUT2D eigenvalue weighted by Gasteiger charge is 2.23. The second-order valence-corrected chi connectivity index (χ2v) is 6.31. The highest BCUT2D eigenvalue weighted by molar-refractivity contribution is 7.09. The first-order valence-corrected chi connectivity index (χ1v) is 8.53. The Hall–Kier alpha value is -0.980. The van der Waals surface area contributed by atoms with E-state index in [2.05, 4.69) is 10.3 Å². The summed E-state index contributed by atoms with van der Waals surface area (Å²) in [5.74, 6) is 0.177. The van der Waals surface area contributed by atoms with E-state index in [9.17, 15) is 4.79 Å². The summed E-state index contributed by atoms with van der Waals surface area (Å²) < 4.78 is 5.54. The quantitative estimate of drug-likeness (QED) is 0.873. The topological polar surface area (TPSA) is 54.5 Å². The number of likely N-dealkylation sites (tertiary alicyclic amines) is 1. The van der Waals surface area contributed by atoms with Crippen LogP contribution in [0.4, 0.5) is 0 Å². The van der Waals surface area contributed by atoms with Gasteiger partial charge in [0.25, 0.3) is 0 Å². The van der Waals surface area contributed by atoms with Crippen LogP contribution in [0.2, 0.25) is 0 Å². The van der Waals surface area contributed by atoms with Crippen molar-refractivity contribution in [1.82, 2.24) is 15.2 Å². The zero-order valence-corrected chi connectivity index (χ0v) is 13.9.